The van der Waals surface area contributed by atoms with Crippen molar-refractivity contribution in [3.8, 4) is 11.5 Å². The second-order valence-electron chi connectivity index (χ2n) is 11.2. The van der Waals surface area contributed by atoms with Crippen molar-refractivity contribution in [3.63, 3.8) is 0 Å². The molecule has 4 aromatic carbocycles. The van der Waals surface area contributed by atoms with Crippen LogP contribution in [0.4, 0.5) is 13.2 Å². The van der Waals surface area contributed by atoms with Gasteiger partial charge in [-0.15, -0.1) is 0 Å². The first-order valence-corrected chi connectivity index (χ1v) is 16.1. The van der Waals surface area contributed by atoms with E-state index in [2.05, 4.69) is 29.7 Å². The van der Waals surface area contributed by atoms with Crippen molar-refractivity contribution < 1.29 is 32.3 Å². The number of amides is 2. The topological polar surface area (TPSA) is 111 Å². The zero-order valence-electron chi connectivity index (χ0n) is 27.7. The maximum Gasteiger partial charge on any atom is 0.416 e. The van der Waals surface area contributed by atoms with E-state index in [4.69, 9.17) is 10.5 Å². The summed E-state index contributed by atoms with van der Waals surface area (Å²) in [6, 6.07) is 23.1. The standard InChI is InChI=1S/C18H11F3O2.C10H14N2O.C10H21NO/c19-18(20,21)14-5-7-15(8-6-14)23-17-3-1-2-13-10-12(11-22)4-9-16(13)17;1-11-6-9-3-2-4-10(5-9)7-12-8-13;1-2-3-4-5-6-7-8-9-10(11)12/h1-11H;2-5,8,11H,6-7H2,1H3,(H,12,13);2-9H2,1H3,(H2,11,12). The Morgan fingerprint density at radius 3 is 2.06 bits per heavy atom. The molecule has 0 spiro atoms. The largest absolute Gasteiger partial charge is 0.457 e. The molecule has 258 valence electrons. The molecule has 0 aliphatic carbocycles. The van der Waals surface area contributed by atoms with E-state index >= 15 is 0 Å². The van der Waals surface area contributed by atoms with E-state index in [0.717, 1.165) is 54.1 Å². The second-order valence-corrected chi connectivity index (χ2v) is 11.2. The normalized spacial score (nSPS) is 10.6. The third-order valence-corrected chi connectivity index (χ3v) is 7.20. The molecule has 4 rings (SSSR count). The van der Waals surface area contributed by atoms with Gasteiger partial charge in [0.05, 0.1) is 5.56 Å². The minimum absolute atomic E-state index is 0.163. The number of ether oxygens (including phenoxy) is 1. The maximum absolute atomic E-state index is 12.6. The summed E-state index contributed by atoms with van der Waals surface area (Å²) in [5, 5.41) is 7.30. The molecule has 0 bridgehead atoms. The average Bonchev–Trinajstić information content (AvgIpc) is 3.07. The molecule has 4 N–H and O–H groups in total. The number of nitrogens with two attached hydrogens (primary N) is 1. The summed E-state index contributed by atoms with van der Waals surface area (Å²) in [6.07, 6.45) is 6.34. The number of fused-ring (bicyclic) bond motifs is 1. The lowest BCUT2D eigenvalue weighted by Gasteiger charge is -2.11. The van der Waals surface area contributed by atoms with Crippen LogP contribution in [0.5, 0.6) is 11.5 Å². The SMILES string of the molecule is CCCCCCCCCC(N)=O.CNCc1cccc(CNC=O)c1.O=Cc1ccc2c(Oc3ccc(C(F)(F)F)cc3)cccc2c1. The summed E-state index contributed by atoms with van der Waals surface area (Å²) < 4.78 is 43.3. The van der Waals surface area contributed by atoms with Crippen molar-refractivity contribution in [2.24, 2.45) is 5.73 Å². The Kier molecular flexibility index (Phi) is 18.1. The first-order valence-electron chi connectivity index (χ1n) is 16.1. The molecule has 0 fully saturated rings. The molecule has 10 heteroatoms. The van der Waals surface area contributed by atoms with Gasteiger partial charge in [0.15, 0.2) is 0 Å². The third kappa shape index (κ3) is 15.3. The van der Waals surface area contributed by atoms with Gasteiger partial charge in [0.2, 0.25) is 12.3 Å². The Labute approximate surface area is 281 Å². The fourth-order valence-corrected chi connectivity index (χ4v) is 4.74. The molecule has 0 aliphatic heterocycles. The molecule has 48 heavy (non-hydrogen) atoms. The predicted molar refractivity (Wildman–Crippen MR) is 185 cm³/mol. The van der Waals surface area contributed by atoms with Gasteiger partial charge in [-0.25, -0.2) is 0 Å². The van der Waals surface area contributed by atoms with Crippen molar-refractivity contribution in [1.82, 2.24) is 10.6 Å². The Morgan fingerprint density at radius 1 is 0.812 bits per heavy atom. The van der Waals surface area contributed by atoms with Crippen LogP contribution in [0, 0.1) is 0 Å². The number of primary amides is 1. The van der Waals surface area contributed by atoms with Crippen molar-refractivity contribution >= 4 is 29.4 Å². The fourth-order valence-electron chi connectivity index (χ4n) is 4.74. The van der Waals surface area contributed by atoms with Gasteiger partial charge in [0.1, 0.15) is 17.8 Å². The summed E-state index contributed by atoms with van der Waals surface area (Å²) >= 11 is 0. The highest BCUT2D eigenvalue weighted by molar-refractivity contribution is 5.92. The Hall–Kier alpha value is -4.70. The Balaban J connectivity index is 0.000000274. The lowest BCUT2D eigenvalue weighted by Crippen LogP contribution is -2.10. The van der Waals surface area contributed by atoms with Gasteiger partial charge >= 0.3 is 6.18 Å². The number of hydrogen-bond acceptors (Lipinski definition) is 5. The number of aldehydes is 1. The number of alkyl halides is 3. The zero-order chi connectivity index (χ0) is 35.2. The van der Waals surface area contributed by atoms with Crippen LogP contribution in [0.3, 0.4) is 0 Å². The highest BCUT2D eigenvalue weighted by Gasteiger charge is 2.30. The molecule has 0 radical (unpaired) electrons. The molecule has 4 aromatic rings. The number of halogens is 3. The fraction of sp³-hybridized carbons (Fsp3) is 0.342. The summed E-state index contributed by atoms with van der Waals surface area (Å²) in [5.74, 6) is 0.660. The van der Waals surface area contributed by atoms with E-state index in [1.54, 1.807) is 30.3 Å². The quantitative estimate of drug-likeness (QED) is 0.0819. The summed E-state index contributed by atoms with van der Waals surface area (Å²) in [7, 11) is 1.91. The van der Waals surface area contributed by atoms with E-state index in [0.29, 0.717) is 36.4 Å². The molecular weight excluding hydrogens is 619 g/mol. The highest BCUT2D eigenvalue weighted by Crippen LogP contribution is 2.33. The van der Waals surface area contributed by atoms with Crippen molar-refractivity contribution in [2.75, 3.05) is 7.05 Å². The molecule has 0 atom stereocenters. The van der Waals surface area contributed by atoms with E-state index in [1.165, 1.54) is 49.8 Å². The van der Waals surface area contributed by atoms with Gasteiger partial charge in [0.25, 0.3) is 0 Å². The zero-order valence-corrected chi connectivity index (χ0v) is 27.7. The second kappa shape index (κ2) is 22.0. The number of unbranched alkanes of at least 4 members (excludes halogenated alkanes) is 6. The molecule has 0 heterocycles. The molecule has 7 nitrogen and oxygen atoms in total. The number of carbonyl (C=O) groups excluding carboxylic acids is 3. The van der Waals surface area contributed by atoms with Crippen molar-refractivity contribution in [1.29, 1.82) is 0 Å². The number of carbonyl (C=O) groups is 3. The molecule has 0 saturated heterocycles. The first-order chi connectivity index (χ1) is 23.1. The van der Waals surface area contributed by atoms with Gasteiger partial charge in [-0.05, 0) is 72.4 Å². The molecule has 0 unspecified atom stereocenters. The van der Waals surface area contributed by atoms with Gasteiger partial charge < -0.3 is 21.1 Å². The maximum atomic E-state index is 12.6. The predicted octanol–water partition coefficient (Wildman–Crippen LogP) is 8.73. The molecular formula is C38H46F3N3O4. The van der Waals surface area contributed by atoms with Gasteiger partial charge in [-0.3, -0.25) is 14.4 Å². The molecule has 0 aromatic heterocycles. The van der Waals surface area contributed by atoms with Crippen LogP contribution in [0.2, 0.25) is 0 Å². The van der Waals surface area contributed by atoms with Crippen LogP contribution >= 0.6 is 0 Å². The number of rotatable bonds is 16. The number of benzene rings is 4. The molecule has 0 aliphatic rings. The minimum atomic E-state index is -4.37. The third-order valence-electron chi connectivity index (χ3n) is 7.20. The summed E-state index contributed by atoms with van der Waals surface area (Å²) in [4.78, 5) is 31.2. The summed E-state index contributed by atoms with van der Waals surface area (Å²) in [5.41, 5.74) is 7.19. The van der Waals surface area contributed by atoms with Crippen LogP contribution in [0.1, 0.15) is 85.3 Å². The average molecular weight is 666 g/mol. The number of hydrogen-bond donors (Lipinski definition) is 3. The summed E-state index contributed by atoms with van der Waals surface area (Å²) in [6.45, 7) is 3.67. The van der Waals surface area contributed by atoms with Crippen molar-refractivity contribution in [3.05, 3.63) is 107 Å². The van der Waals surface area contributed by atoms with E-state index in [-0.39, 0.29) is 5.91 Å². The van der Waals surface area contributed by atoms with Crippen LogP contribution in [-0.4, -0.2) is 25.7 Å². The van der Waals surface area contributed by atoms with Gasteiger partial charge in [-0.2, -0.15) is 13.2 Å². The Bertz CT molecular complexity index is 1540. The van der Waals surface area contributed by atoms with Crippen LogP contribution < -0.4 is 21.1 Å². The smallest absolute Gasteiger partial charge is 0.416 e. The lowest BCUT2D eigenvalue weighted by molar-refractivity contribution is -0.137. The van der Waals surface area contributed by atoms with Crippen LogP contribution in [0.15, 0.2) is 84.9 Å². The lowest BCUT2D eigenvalue weighted by atomic mass is 10.1. The highest BCUT2D eigenvalue weighted by atomic mass is 19.4. The van der Waals surface area contributed by atoms with Gasteiger partial charge in [-0.1, -0.05) is 87.9 Å². The monoisotopic (exact) mass is 665 g/mol. The molecule has 0 saturated carbocycles. The van der Waals surface area contributed by atoms with E-state index < -0.39 is 11.7 Å². The van der Waals surface area contributed by atoms with Crippen LogP contribution in [0.25, 0.3) is 10.8 Å². The molecule has 2 amide bonds. The van der Waals surface area contributed by atoms with Gasteiger partial charge in [0, 0.05) is 30.5 Å². The first kappa shape index (κ1) is 39.5. The van der Waals surface area contributed by atoms with E-state index in [1.807, 2.05) is 25.2 Å². The van der Waals surface area contributed by atoms with Crippen LogP contribution in [-0.2, 0) is 28.9 Å². The van der Waals surface area contributed by atoms with E-state index in [9.17, 15) is 27.6 Å². The minimum Gasteiger partial charge on any atom is -0.457 e. The van der Waals surface area contributed by atoms with Crippen molar-refractivity contribution in [2.45, 2.75) is 77.6 Å². The Morgan fingerprint density at radius 2 is 1.46 bits per heavy atom. The number of nitrogens with one attached hydrogen (secondary N) is 2.